The molecule has 0 radical (unpaired) electrons. The third-order valence-corrected chi connectivity index (χ3v) is 3.43. The van der Waals surface area contributed by atoms with Gasteiger partial charge < -0.3 is 5.32 Å². The lowest BCUT2D eigenvalue weighted by molar-refractivity contribution is -0.148. The van der Waals surface area contributed by atoms with Crippen molar-refractivity contribution < 1.29 is 18.0 Å². The molecular weight excluding hydrogens is 231 g/mol. The van der Waals surface area contributed by atoms with E-state index in [-0.39, 0.29) is 12.2 Å². The zero-order chi connectivity index (χ0) is 12.9. The summed E-state index contributed by atoms with van der Waals surface area (Å²) >= 11 is 0. The van der Waals surface area contributed by atoms with E-state index < -0.39 is 18.0 Å². The molecule has 0 spiro atoms. The molecule has 1 N–H and O–H groups in total. The van der Waals surface area contributed by atoms with Crippen LogP contribution in [-0.2, 0) is 4.79 Å². The summed E-state index contributed by atoms with van der Waals surface area (Å²) in [5.41, 5.74) is -0.543. The van der Waals surface area contributed by atoms with E-state index in [0.717, 1.165) is 25.8 Å². The molecule has 1 aliphatic rings. The minimum atomic E-state index is -4.23. The molecule has 100 valence electrons. The molecule has 1 rings (SSSR count). The SMILES string of the molecule is CCCC1(C(=O)CCC(F)(F)F)CCCNC1. The zero-order valence-corrected chi connectivity index (χ0v) is 10.2. The van der Waals surface area contributed by atoms with Crippen LogP contribution in [-0.4, -0.2) is 25.0 Å². The first-order chi connectivity index (χ1) is 7.90. The van der Waals surface area contributed by atoms with Gasteiger partial charge in [0.1, 0.15) is 5.78 Å². The van der Waals surface area contributed by atoms with Crippen molar-refractivity contribution in [3.05, 3.63) is 0 Å². The average molecular weight is 251 g/mol. The molecule has 0 bridgehead atoms. The van der Waals surface area contributed by atoms with Crippen molar-refractivity contribution in [3.63, 3.8) is 0 Å². The number of carbonyl (C=O) groups excluding carboxylic acids is 1. The summed E-state index contributed by atoms with van der Waals surface area (Å²) in [6, 6.07) is 0. The van der Waals surface area contributed by atoms with Gasteiger partial charge >= 0.3 is 6.18 Å². The average Bonchev–Trinajstić information content (AvgIpc) is 2.26. The monoisotopic (exact) mass is 251 g/mol. The van der Waals surface area contributed by atoms with Gasteiger partial charge in [0, 0.05) is 18.4 Å². The molecule has 1 saturated heterocycles. The van der Waals surface area contributed by atoms with Gasteiger partial charge in [-0.15, -0.1) is 0 Å². The van der Waals surface area contributed by atoms with Crippen molar-refractivity contribution in [3.8, 4) is 0 Å². The fourth-order valence-electron chi connectivity index (χ4n) is 2.56. The molecule has 0 aromatic rings. The van der Waals surface area contributed by atoms with Crippen molar-refractivity contribution in [2.45, 2.75) is 51.6 Å². The summed E-state index contributed by atoms with van der Waals surface area (Å²) in [6.45, 7) is 3.36. The molecule has 1 heterocycles. The number of Topliss-reactive ketones (excluding diaryl/α,β-unsaturated/α-hetero) is 1. The van der Waals surface area contributed by atoms with E-state index in [4.69, 9.17) is 0 Å². The van der Waals surface area contributed by atoms with Gasteiger partial charge in [0.2, 0.25) is 0 Å². The van der Waals surface area contributed by atoms with E-state index in [1.54, 1.807) is 0 Å². The second-order valence-electron chi connectivity index (χ2n) is 4.85. The molecule has 17 heavy (non-hydrogen) atoms. The number of alkyl halides is 3. The van der Waals surface area contributed by atoms with Crippen molar-refractivity contribution in [2.75, 3.05) is 13.1 Å². The van der Waals surface area contributed by atoms with E-state index in [9.17, 15) is 18.0 Å². The molecule has 2 nitrogen and oxygen atoms in total. The minimum Gasteiger partial charge on any atom is -0.316 e. The predicted molar refractivity (Wildman–Crippen MR) is 59.7 cm³/mol. The molecule has 0 aromatic carbocycles. The molecular formula is C12H20F3NO. The largest absolute Gasteiger partial charge is 0.389 e. The Morgan fingerprint density at radius 3 is 2.59 bits per heavy atom. The van der Waals surface area contributed by atoms with Crippen LogP contribution in [0.1, 0.15) is 45.4 Å². The summed E-state index contributed by atoms with van der Waals surface area (Å²) < 4.78 is 36.4. The standard InChI is InChI=1S/C12H20F3NO/c1-2-5-11(6-3-8-16-9-11)10(17)4-7-12(13,14)15/h16H,2-9H2,1H3. The topological polar surface area (TPSA) is 29.1 Å². The lowest BCUT2D eigenvalue weighted by Gasteiger charge is -2.36. The van der Waals surface area contributed by atoms with Crippen LogP contribution >= 0.6 is 0 Å². The molecule has 1 aliphatic heterocycles. The number of hydrogen-bond donors (Lipinski definition) is 1. The first-order valence-corrected chi connectivity index (χ1v) is 6.20. The Kier molecular flexibility index (Phi) is 4.98. The summed E-state index contributed by atoms with van der Waals surface area (Å²) in [7, 11) is 0. The number of piperidine rings is 1. The maximum Gasteiger partial charge on any atom is 0.389 e. The van der Waals surface area contributed by atoms with E-state index in [1.807, 2.05) is 6.92 Å². The molecule has 1 fully saturated rings. The third-order valence-electron chi connectivity index (χ3n) is 3.43. The number of rotatable bonds is 5. The highest BCUT2D eigenvalue weighted by Gasteiger charge is 2.39. The van der Waals surface area contributed by atoms with Gasteiger partial charge in [-0.3, -0.25) is 4.79 Å². The van der Waals surface area contributed by atoms with E-state index >= 15 is 0 Å². The predicted octanol–water partition coefficient (Wildman–Crippen LogP) is 3.07. The number of hydrogen-bond acceptors (Lipinski definition) is 2. The van der Waals surface area contributed by atoms with E-state index in [1.165, 1.54) is 0 Å². The molecule has 5 heteroatoms. The van der Waals surface area contributed by atoms with Crippen LogP contribution in [0.3, 0.4) is 0 Å². The van der Waals surface area contributed by atoms with Crippen molar-refractivity contribution in [2.24, 2.45) is 5.41 Å². The normalized spacial score (nSPS) is 25.9. The highest BCUT2D eigenvalue weighted by molar-refractivity contribution is 5.85. The summed E-state index contributed by atoms with van der Waals surface area (Å²) in [6.07, 6.45) is -2.47. The Morgan fingerprint density at radius 1 is 1.41 bits per heavy atom. The Hall–Kier alpha value is -0.580. The Morgan fingerprint density at radius 2 is 2.12 bits per heavy atom. The van der Waals surface area contributed by atoms with Gasteiger partial charge in [-0.25, -0.2) is 0 Å². The highest BCUT2D eigenvalue weighted by atomic mass is 19.4. The Labute approximate surface area is 100.0 Å². The smallest absolute Gasteiger partial charge is 0.316 e. The number of ketones is 1. The van der Waals surface area contributed by atoms with Crippen LogP contribution in [0.2, 0.25) is 0 Å². The molecule has 0 saturated carbocycles. The summed E-state index contributed by atoms with van der Waals surface area (Å²) in [4.78, 5) is 12.0. The molecule has 0 aromatic heterocycles. The van der Waals surface area contributed by atoms with Crippen LogP contribution in [0, 0.1) is 5.41 Å². The minimum absolute atomic E-state index is 0.219. The van der Waals surface area contributed by atoms with Crippen molar-refractivity contribution in [1.29, 1.82) is 0 Å². The lowest BCUT2D eigenvalue weighted by Crippen LogP contribution is -2.45. The van der Waals surface area contributed by atoms with Gasteiger partial charge in [-0.1, -0.05) is 13.3 Å². The number of halogens is 3. The van der Waals surface area contributed by atoms with E-state index in [2.05, 4.69) is 5.32 Å². The van der Waals surface area contributed by atoms with Gasteiger partial charge in [-0.05, 0) is 25.8 Å². The lowest BCUT2D eigenvalue weighted by atomic mass is 9.72. The molecule has 0 aliphatic carbocycles. The zero-order valence-electron chi connectivity index (χ0n) is 10.2. The highest BCUT2D eigenvalue weighted by Crippen LogP contribution is 2.35. The molecule has 1 atom stereocenters. The van der Waals surface area contributed by atoms with Crippen LogP contribution < -0.4 is 5.32 Å². The van der Waals surface area contributed by atoms with Crippen LogP contribution in [0.4, 0.5) is 13.2 Å². The maximum absolute atomic E-state index is 12.1. The fraction of sp³-hybridized carbons (Fsp3) is 0.917. The van der Waals surface area contributed by atoms with Gasteiger partial charge in [-0.2, -0.15) is 13.2 Å². The van der Waals surface area contributed by atoms with Crippen LogP contribution in [0.25, 0.3) is 0 Å². The first-order valence-electron chi connectivity index (χ1n) is 6.20. The van der Waals surface area contributed by atoms with E-state index in [0.29, 0.717) is 13.0 Å². The van der Waals surface area contributed by atoms with Crippen LogP contribution in [0.15, 0.2) is 0 Å². The first kappa shape index (κ1) is 14.5. The second-order valence-corrected chi connectivity index (χ2v) is 4.85. The van der Waals surface area contributed by atoms with Gasteiger partial charge in [0.15, 0.2) is 0 Å². The molecule has 0 amide bonds. The summed E-state index contributed by atoms with van der Waals surface area (Å²) in [5, 5.41) is 3.14. The summed E-state index contributed by atoms with van der Waals surface area (Å²) in [5.74, 6) is -0.219. The fourth-order valence-corrected chi connectivity index (χ4v) is 2.56. The van der Waals surface area contributed by atoms with Gasteiger partial charge in [0.05, 0.1) is 6.42 Å². The number of carbonyl (C=O) groups is 1. The number of nitrogens with one attached hydrogen (secondary N) is 1. The maximum atomic E-state index is 12.1. The van der Waals surface area contributed by atoms with Crippen LogP contribution in [0.5, 0.6) is 0 Å². The quantitative estimate of drug-likeness (QED) is 0.813. The van der Waals surface area contributed by atoms with Crippen molar-refractivity contribution in [1.82, 2.24) is 5.32 Å². The van der Waals surface area contributed by atoms with Gasteiger partial charge in [0.25, 0.3) is 0 Å². The Balaban J connectivity index is 2.60. The van der Waals surface area contributed by atoms with Crippen molar-refractivity contribution >= 4 is 5.78 Å². The molecule has 1 unspecified atom stereocenters. The second kappa shape index (κ2) is 5.85. The Bertz CT molecular complexity index is 251. The third kappa shape index (κ3) is 4.30.